The molecular formula is C24H19N3O3. The number of para-hydroxylation sites is 1. The smallest absolute Gasteiger partial charge is 0.343 e. The average molecular weight is 397 g/mol. The van der Waals surface area contributed by atoms with Crippen molar-refractivity contribution in [1.29, 1.82) is 0 Å². The summed E-state index contributed by atoms with van der Waals surface area (Å²) in [4.78, 5) is 28.7. The van der Waals surface area contributed by atoms with Gasteiger partial charge in [0.2, 0.25) is 5.91 Å². The summed E-state index contributed by atoms with van der Waals surface area (Å²) in [5, 5.41) is 7.90. The first-order chi connectivity index (χ1) is 14.7. The Kier molecular flexibility index (Phi) is 5.66. The molecule has 0 radical (unpaired) electrons. The minimum absolute atomic E-state index is 0.0611. The first kappa shape index (κ1) is 19.1. The molecule has 0 bridgehead atoms. The summed E-state index contributed by atoms with van der Waals surface area (Å²) in [6.07, 6.45) is 3.49. The second-order valence-corrected chi connectivity index (χ2v) is 6.62. The number of esters is 1. The Hall–Kier alpha value is -4.19. The summed E-state index contributed by atoms with van der Waals surface area (Å²) in [5.74, 6) is -0.174. The third-order valence-electron chi connectivity index (χ3n) is 4.43. The zero-order chi connectivity index (χ0) is 20.8. The van der Waals surface area contributed by atoms with Crippen LogP contribution in [0.25, 0.3) is 10.8 Å². The Labute approximate surface area is 173 Å². The molecule has 4 rings (SSSR count). The van der Waals surface area contributed by atoms with Gasteiger partial charge in [0.15, 0.2) is 0 Å². The maximum atomic E-state index is 12.3. The van der Waals surface area contributed by atoms with Gasteiger partial charge in [-0.2, -0.15) is 0 Å². The van der Waals surface area contributed by atoms with E-state index in [-0.39, 0.29) is 12.5 Å². The number of benzene rings is 3. The number of aromatic nitrogens is 1. The fraction of sp³-hybridized carbons (Fsp3) is 0.0417. The average Bonchev–Trinajstić information content (AvgIpc) is 2.78. The maximum absolute atomic E-state index is 12.3. The fourth-order valence-electron chi connectivity index (χ4n) is 2.96. The SMILES string of the molecule is O=C(CNc1cccc(C(=O)Oc2ccccc2)c1)Nc1ccc2cnccc2c1. The molecule has 30 heavy (non-hydrogen) atoms. The normalized spacial score (nSPS) is 10.4. The van der Waals surface area contributed by atoms with Crippen molar-refractivity contribution in [3.05, 3.63) is 96.8 Å². The number of carbonyl (C=O) groups excluding carboxylic acids is 2. The van der Waals surface area contributed by atoms with E-state index >= 15 is 0 Å². The van der Waals surface area contributed by atoms with Crippen molar-refractivity contribution in [2.75, 3.05) is 17.2 Å². The third kappa shape index (κ3) is 4.80. The van der Waals surface area contributed by atoms with Gasteiger partial charge in [-0.05, 0) is 53.9 Å². The molecule has 4 aromatic rings. The van der Waals surface area contributed by atoms with Crippen molar-refractivity contribution in [2.45, 2.75) is 0 Å². The summed E-state index contributed by atoms with van der Waals surface area (Å²) >= 11 is 0. The lowest BCUT2D eigenvalue weighted by Gasteiger charge is -2.10. The largest absolute Gasteiger partial charge is 0.423 e. The number of ether oxygens (including phenoxy) is 1. The molecule has 1 aromatic heterocycles. The van der Waals surface area contributed by atoms with Crippen LogP contribution in [-0.2, 0) is 4.79 Å². The predicted octanol–water partition coefficient (Wildman–Crippen LogP) is 4.50. The molecule has 0 aliphatic heterocycles. The van der Waals surface area contributed by atoms with Crippen molar-refractivity contribution < 1.29 is 14.3 Å². The van der Waals surface area contributed by atoms with E-state index in [2.05, 4.69) is 15.6 Å². The van der Waals surface area contributed by atoms with Crippen LogP contribution in [0.15, 0.2) is 91.3 Å². The fourth-order valence-corrected chi connectivity index (χ4v) is 2.96. The highest BCUT2D eigenvalue weighted by molar-refractivity contribution is 5.96. The van der Waals surface area contributed by atoms with Gasteiger partial charge >= 0.3 is 5.97 Å². The second-order valence-electron chi connectivity index (χ2n) is 6.62. The minimum atomic E-state index is -0.458. The van der Waals surface area contributed by atoms with Gasteiger partial charge < -0.3 is 15.4 Å². The summed E-state index contributed by atoms with van der Waals surface area (Å²) in [7, 11) is 0. The van der Waals surface area contributed by atoms with Crippen LogP contribution in [-0.4, -0.2) is 23.4 Å². The highest BCUT2D eigenvalue weighted by Crippen LogP contribution is 2.18. The predicted molar refractivity (Wildman–Crippen MR) is 117 cm³/mol. The van der Waals surface area contributed by atoms with Gasteiger partial charge in [-0.25, -0.2) is 4.79 Å². The number of rotatable bonds is 6. The molecule has 0 unspecified atom stereocenters. The van der Waals surface area contributed by atoms with Crippen LogP contribution >= 0.6 is 0 Å². The second kappa shape index (κ2) is 8.87. The number of anilines is 2. The molecule has 6 nitrogen and oxygen atoms in total. The van der Waals surface area contributed by atoms with Crippen LogP contribution < -0.4 is 15.4 Å². The number of hydrogen-bond donors (Lipinski definition) is 2. The van der Waals surface area contributed by atoms with Crippen molar-refractivity contribution in [3.8, 4) is 5.75 Å². The Balaban J connectivity index is 1.35. The molecule has 0 saturated heterocycles. The van der Waals surface area contributed by atoms with E-state index < -0.39 is 5.97 Å². The lowest BCUT2D eigenvalue weighted by molar-refractivity contribution is -0.114. The Morgan fingerprint density at radius 2 is 1.70 bits per heavy atom. The maximum Gasteiger partial charge on any atom is 0.343 e. The molecule has 0 atom stereocenters. The Morgan fingerprint density at radius 1 is 0.833 bits per heavy atom. The number of nitrogens with one attached hydrogen (secondary N) is 2. The molecule has 0 aliphatic rings. The minimum Gasteiger partial charge on any atom is -0.423 e. The highest BCUT2D eigenvalue weighted by atomic mass is 16.5. The van der Waals surface area contributed by atoms with Crippen LogP contribution in [0.1, 0.15) is 10.4 Å². The van der Waals surface area contributed by atoms with Crippen molar-refractivity contribution in [3.63, 3.8) is 0 Å². The highest BCUT2D eigenvalue weighted by Gasteiger charge is 2.10. The van der Waals surface area contributed by atoms with E-state index in [1.54, 1.807) is 60.9 Å². The van der Waals surface area contributed by atoms with Crippen LogP contribution in [0.4, 0.5) is 11.4 Å². The number of amides is 1. The van der Waals surface area contributed by atoms with Crippen molar-refractivity contribution in [1.82, 2.24) is 4.98 Å². The lowest BCUT2D eigenvalue weighted by Crippen LogP contribution is -2.21. The molecule has 0 spiro atoms. The van der Waals surface area contributed by atoms with E-state index in [1.165, 1.54) is 0 Å². The van der Waals surface area contributed by atoms with Gasteiger partial charge in [-0.3, -0.25) is 9.78 Å². The molecule has 148 valence electrons. The summed E-state index contributed by atoms with van der Waals surface area (Å²) in [6, 6.07) is 23.3. The van der Waals surface area contributed by atoms with E-state index in [1.807, 2.05) is 30.3 Å². The van der Waals surface area contributed by atoms with Gasteiger partial charge in [-0.15, -0.1) is 0 Å². The number of fused-ring (bicyclic) bond motifs is 1. The Bertz CT molecular complexity index is 1190. The van der Waals surface area contributed by atoms with E-state index in [4.69, 9.17) is 4.74 Å². The van der Waals surface area contributed by atoms with Crippen LogP contribution in [0.3, 0.4) is 0 Å². The van der Waals surface area contributed by atoms with Gasteiger partial charge in [0.05, 0.1) is 12.1 Å². The van der Waals surface area contributed by atoms with Crippen molar-refractivity contribution in [2.24, 2.45) is 0 Å². The zero-order valence-electron chi connectivity index (χ0n) is 16.0. The van der Waals surface area contributed by atoms with E-state index in [0.29, 0.717) is 22.7 Å². The number of carbonyl (C=O) groups is 2. The summed E-state index contributed by atoms with van der Waals surface area (Å²) in [5.41, 5.74) is 1.75. The summed E-state index contributed by atoms with van der Waals surface area (Å²) < 4.78 is 5.34. The number of hydrogen-bond acceptors (Lipinski definition) is 5. The number of pyridine rings is 1. The summed E-state index contributed by atoms with van der Waals surface area (Å²) in [6.45, 7) is 0.0611. The zero-order valence-corrected chi connectivity index (χ0v) is 16.0. The molecule has 0 aliphatic carbocycles. The molecule has 2 N–H and O–H groups in total. The number of nitrogens with zero attached hydrogens (tertiary/aromatic N) is 1. The first-order valence-electron chi connectivity index (χ1n) is 9.42. The third-order valence-corrected chi connectivity index (χ3v) is 4.43. The molecular weight excluding hydrogens is 378 g/mol. The van der Waals surface area contributed by atoms with Gasteiger partial charge in [0.1, 0.15) is 5.75 Å². The standard InChI is InChI=1S/C24H19N3O3/c28-23(27-21-10-9-19-15-25-12-11-17(19)13-21)16-26-20-6-4-5-18(14-20)24(29)30-22-7-2-1-3-8-22/h1-15,26H,16H2,(H,27,28). The van der Waals surface area contributed by atoms with Gasteiger partial charge in [-0.1, -0.05) is 30.3 Å². The van der Waals surface area contributed by atoms with E-state index in [9.17, 15) is 9.59 Å². The first-order valence-corrected chi connectivity index (χ1v) is 9.42. The lowest BCUT2D eigenvalue weighted by atomic mass is 10.1. The Morgan fingerprint density at radius 3 is 2.57 bits per heavy atom. The molecule has 0 saturated carbocycles. The van der Waals surface area contributed by atoms with Crippen molar-refractivity contribution >= 4 is 34.0 Å². The van der Waals surface area contributed by atoms with Crippen LogP contribution in [0.2, 0.25) is 0 Å². The topological polar surface area (TPSA) is 80.3 Å². The van der Waals surface area contributed by atoms with Gasteiger partial charge in [0.25, 0.3) is 0 Å². The van der Waals surface area contributed by atoms with Crippen LogP contribution in [0, 0.1) is 0 Å². The monoisotopic (exact) mass is 397 g/mol. The molecule has 3 aromatic carbocycles. The quantitative estimate of drug-likeness (QED) is 0.370. The molecule has 6 heteroatoms. The molecule has 1 amide bonds. The van der Waals surface area contributed by atoms with E-state index in [0.717, 1.165) is 10.8 Å². The van der Waals surface area contributed by atoms with Crippen LogP contribution in [0.5, 0.6) is 5.75 Å². The van der Waals surface area contributed by atoms with Gasteiger partial charge in [0, 0.05) is 29.2 Å². The molecule has 1 heterocycles. The molecule has 0 fully saturated rings.